The van der Waals surface area contributed by atoms with Gasteiger partial charge in [-0.1, -0.05) is 24.6 Å². The number of fused-ring (bicyclic) bond motifs is 3. The molecule has 2 heterocycles. The van der Waals surface area contributed by atoms with Gasteiger partial charge in [0.1, 0.15) is 18.0 Å². The fraction of sp³-hybridized carbons (Fsp3) is 0.269. The van der Waals surface area contributed by atoms with E-state index in [1.54, 1.807) is 25.1 Å². The minimum absolute atomic E-state index is 0.0578. The second-order valence-corrected chi connectivity index (χ2v) is 9.06. The molecule has 0 aliphatic carbocycles. The second-order valence-electron chi connectivity index (χ2n) is 8.62. The number of halogens is 4. The Bertz CT molecular complexity index is 1430. The molecular formula is C26H23ClF3N3O4. The van der Waals surface area contributed by atoms with Crippen LogP contribution in [0.4, 0.5) is 18.9 Å². The molecule has 0 radical (unpaired) electrons. The number of nitrogens with zero attached hydrogens (tertiary/aromatic N) is 1. The number of ether oxygens (including phenoxy) is 1. The number of carbonyl (C=O) groups excluding carboxylic acids is 2. The zero-order valence-corrected chi connectivity index (χ0v) is 20.4. The summed E-state index contributed by atoms with van der Waals surface area (Å²) in [4.78, 5) is 37.5. The van der Waals surface area contributed by atoms with Crippen LogP contribution in [-0.4, -0.2) is 28.9 Å². The Morgan fingerprint density at radius 3 is 2.54 bits per heavy atom. The fourth-order valence-corrected chi connectivity index (χ4v) is 4.51. The maximum absolute atomic E-state index is 14.1. The number of nitrogens with two attached hydrogens (primary N) is 1. The van der Waals surface area contributed by atoms with E-state index in [0.29, 0.717) is 27.3 Å². The van der Waals surface area contributed by atoms with E-state index in [1.165, 1.54) is 22.9 Å². The molecule has 37 heavy (non-hydrogen) atoms. The molecule has 0 fully saturated rings. The summed E-state index contributed by atoms with van der Waals surface area (Å²) >= 11 is 6.17. The van der Waals surface area contributed by atoms with E-state index >= 15 is 0 Å². The molecule has 0 spiro atoms. The first-order valence-corrected chi connectivity index (χ1v) is 11.8. The monoisotopic (exact) mass is 533 g/mol. The van der Waals surface area contributed by atoms with E-state index in [9.17, 15) is 27.6 Å². The molecule has 7 nitrogen and oxygen atoms in total. The van der Waals surface area contributed by atoms with Crippen molar-refractivity contribution in [2.45, 2.75) is 44.9 Å². The Labute approximate surface area is 215 Å². The van der Waals surface area contributed by atoms with Gasteiger partial charge in [0.05, 0.1) is 12.2 Å². The van der Waals surface area contributed by atoms with E-state index in [2.05, 4.69) is 5.32 Å². The second kappa shape index (κ2) is 10.8. The van der Waals surface area contributed by atoms with Gasteiger partial charge < -0.3 is 20.4 Å². The average Bonchev–Trinajstić information content (AvgIpc) is 2.82. The van der Waals surface area contributed by atoms with Crippen molar-refractivity contribution in [3.8, 4) is 11.1 Å². The molecule has 2 amide bonds. The van der Waals surface area contributed by atoms with Crippen LogP contribution >= 0.6 is 11.6 Å². The minimum Gasteiger partial charge on any atom is -0.367 e. The lowest BCUT2D eigenvalue weighted by molar-refractivity contribution is -0.119. The van der Waals surface area contributed by atoms with Crippen molar-refractivity contribution in [2.24, 2.45) is 5.73 Å². The number of aromatic nitrogens is 1. The van der Waals surface area contributed by atoms with Gasteiger partial charge in [-0.25, -0.2) is 13.2 Å². The summed E-state index contributed by atoms with van der Waals surface area (Å²) in [7, 11) is 0. The van der Waals surface area contributed by atoms with Gasteiger partial charge in [-0.15, -0.1) is 0 Å². The lowest BCUT2D eigenvalue weighted by Crippen LogP contribution is -2.34. The van der Waals surface area contributed by atoms with E-state index in [4.69, 9.17) is 22.1 Å². The van der Waals surface area contributed by atoms with Crippen LogP contribution in [0.3, 0.4) is 0 Å². The third-order valence-electron chi connectivity index (χ3n) is 6.21. The predicted molar refractivity (Wildman–Crippen MR) is 132 cm³/mol. The normalized spacial score (nSPS) is 15.8. The Morgan fingerprint density at radius 2 is 1.89 bits per heavy atom. The topological polar surface area (TPSA) is 103 Å². The molecule has 0 bridgehead atoms. The van der Waals surface area contributed by atoms with Gasteiger partial charge in [0.2, 0.25) is 5.91 Å². The largest absolute Gasteiger partial charge is 0.367 e. The molecule has 3 aromatic rings. The van der Waals surface area contributed by atoms with Crippen LogP contribution in [-0.2, 0) is 22.6 Å². The highest BCUT2D eigenvalue weighted by atomic mass is 35.5. The van der Waals surface area contributed by atoms with Crippen molar-refractivity contribution in [1.82, 2.24) is 4.57 Å². The van der Waals surface area contributed by atoms with Gasteiger partial charge in [-0.3, -0.25) is 14.4 Å². The van der Waals surface area contributed by atoms with Crippen molar-refractivity contribution in [3.63, 3.8) is 0 Å². The average molecular weight is 534 g/mol. The van der Waals surface area contributed by atoms with Crippen molar-refractivity contribution in [2.75, 3.05) is 5.32 Å². The SMILES string of the molecule is CC[C@@H](C(=O)Nc1ccc(C(N)=O)c(F)c1)n1cc2c(cc1=O)-c1cc(Cl)ccc1CC(C(F)F)OC2. The first kappa shape index (κ1) is 26.4. The molecule has 1 aromatic heterocycles. The van der Waals surface area contributed by atoms with Gasteiger partial charge >= 0.3 is 0 Å². The standard InChI is InChI=1S/C26H23ClF3N3O4/c1-2-21(26(36)32-16-5-6-17(25(31)35)20(28)9-16)33-11-14-12-37-22(24(29)30)7-13-3-4-15(27)8-18(13)19(14)10-23(33)34/h3-6,8-11,21-22,24H,2,7,12H2,1H3,(H2,31,35)(H,32,36)/t21-,22?/m0/s1. The molecule has 2 atom stereocenters. The maximum Gasteiger partial charge on any atom is 0.264 e. The first-order valence-electron chi connectivity index (χ1n) is 11.4. The van der Waals surface area contributed by atoms with Gasteiger partial charge in [-0.05, 0) is 53.4 Å². The lowest BCUT2D eigenvalue weighted by atomic mass is 9.92. The number of benzene rings is 2. The molecule has 0 saturated heterocycles. The number of alkyl halides is 2. The van der Waals surface area contributed by atoms with Gasteiger partial charge in [-0.2, -0.15) is 0 Å². The maximum atomic E-state index is 14.1. The smallest absolute Gasteiger partial charge is 0.264 e. The summed E-state index contributed by atoms with van der Waals surface area (Å²) in [5, 5.41) is 2.91. The highest BCUT2D eigenvalue weighted by molar-refractivity contribution is 6.30. The zero-order chi connectivity index (χ0) is 26.9. The molecule has 2 aromatic carbocycles. The number of hydrogen-bond acceptors (Lipinski definition) is 4. The summed E-state index contributed by atoms with van der Waals surface area (Å²) in [5.74, 6) is -2.47. The van der Waals surface area contributed by atoms with Crippen molar-refractivity contribution in [1.29, 1.82) is 0 Å². The Kier molecular flexibility index (Phi) is 7.70. The van der Waals surface area contributed by atoms with Crippen LogP contribution in [0, 0.1) is 5.82 Å². The van der Waals surface area contributed by atoms with Crippen LogP contribution in [0.1, 0.15) is 40.9 Å². The quantitative estimate of drug-likeness (QED) is 0.479. The van der Waals surface area contributed by atoms with E-state index in [0.717, 1.165) is 12.1 Å². The number of amides is 2. The van der Waals surface area contributed by atoms with Crippen LogP contribution < -0.4 is 16.6 Å². The molecule has 1 unspecified atom stereocenters. The van der Waals surface area contributed by atoms with Crippen molar-refractivity contribution < 1.29 is 27.5 Å². The molecule has 194 valence electrons. The first-order chi connectivity index (χ1) is 17.6. The number of carbonyl (C=O) groups is 2. The van der Waals surface area contributed by atoms with Gasteiger partial charge in [0.15, 0.2) is 0 Å². The Morgan fingerprint density at radius 1 is 1.16 bits per heavy atom. The zero-order valence-electron chi connectivity index (χ0n) is 19.6. The third kappa shape index (κ3) is 5.55. The predicted octanol–water partition coefficient (Wildman–Crippen LogP) is 4.70. The number of nitrogens with one attached hydrogen (secondary N) is 1. The fourth-order valence-electron chi connectivity index (χ4n) is 4.34. The van der Waals surface area contributed by atoms with Crippen LogP contribution in [0.25, 0.3) is 11.1 Å². The van der Waals surface area contributed by atoms with Gasteiger partial charge in [0.25, 0.3) is 17.9 Å². The molecule has 0 saturated carbocycles. The Hall–Kier alpha value is -3.63. The third-order valence-corrected chi connectivity index (χ3v) is 6.44. The summed E-state index contributed by atoms with van der Waals surface area (Å²) in [5.41, 5.74) is 6.34. The number of primary amides is 1. The summed E-state index contributed by atoms with van der Waals surface area (Å²) in [6.45, 7) is 1.47. The number of anilines is 1. The molecule has 3 N–H and O–H groups in total. The van der Waals surface area contributed by atoms with E-state index in [1.807, 2.05) is 0 Å². The molecular weight excluding hydrogens is 511 g/mol. The van der Waals surface area contributed by atoms with Crippen LogP contribution in [0.15, 0.2) is 53.5 Å². The highest BCUT2D eigenvalue weighted by Crippen LogP contribution is 2.34. The number of rotatable bonds is 6. The molecule has 4 rings (SSSR count). The van der Waals surface area contributed by atoms with Crippen molar-refractivity contribution >= 4 is 29.1 Å². The highest BCUT2D eigenvalue weighted by Gasteiger charge is 2.28. The number of hydrogen-bond donors (Lipinski definition) is 2. The molecule has 1 aliphatic rings. The van der Waals surface area contributed by atoms with E-state index < -0.39 is 41.8 Å². The van der Waals surface area contributed by atoms with Gasteiger partial charge in [0, 0.05) is 35.0 Å². The molecule has 1 aliphatic heterocycles. The summed E-state index contributed by atoms with van der Waals surface area (Å²) in [6.07, 6.45) is -2.54. The lowest BCUT2D eigenvalue weighted by Gasteiger charge is -2.26. The Balaban J connectivity index is 1.72. The van der Waals surface area contributed by atoms with Crippen LogP contribution in [0.2, 0.25) is 5.02 Å². The summed E-state index contributed by atoms with van der Waals surface area (Å²) in [6, 6.07) is 8.56. The van der Waals surface area contributed by atoms with Crippen LogP contribution in [0.5, 0.6) is 0 Å². The molecule has 11 heteroatoms. The minimum atomic E-state index is -2.73. The van der Waals surface area contributed by atoms with Crippen molar-refractivity contribution in [3.05, 3.63) is 86.5 Å². The summed E-state index contributed by atoms with van der Waals surface area (Å²) < 4.78 is 48.0. The number of pyridine rings is 1. The van der Waals surface area contributed by atoms with E-state index in [-0.39, 0.29) is 30.7 Å².